The molecule has 6 heteroatoms. The smallest absolute Gasteiger partial charge is 0.338 e. The van der Waals surface area contributed by atoms with E-state index in [0.717, 1.165) is 24.4 Å². The second kappa shape index (κ2) is 6.68. The number of nitrogens with one attached hydrogen (secondary N) is 1. The summed E-state index contributed by atoms with van der Waals surface area (Å²) in [5.41, 5.74) is 0.672. The molecule has 2 N–H and O–H groups in total. The van der Waals surface area contributed by atoms with Gasteiger partial charge in [0.25, 0.3) is 0 Å². The predicted octanol–water partition coefficient (Wildman–Crippen LogP) is 0.404. The summed E-state index contributed by atoms with van der Waals surface area (Å²) >= 11 is 0. The Morgan fingerprint density at radius 2 is 2.26 bits per heavy atom. The molecule has 0 amide bonds. The highest BCUT2D eigenvalue weighted by Gasteiger charge is 2.30. The van der Waals surface area contributed by atoms with Crippen LogP contribution in [0.4, 0.5) is 0 Å². The molecule has 1 unspecified atom stereocenters. The summed E-state index contributed by atoms with van der Waals surface area (Å²) in [6.07, 6.45) is 0.874. The highest BCUT2D eigenvalue weighted by atomic mass is 16.5. The summed E-state index contributed by atoms with van der Waals surface area (Å²) in [5.74, 6) is -0.626. The Bertz CT molecular complexity index is 427. The van der Waals surface area contributed by atoms with Gasteiger partial charge in [0, 0.05) is 18.8 Å². The molecule has 1 aromatic heterocycles. The average Bonchev–Trinajstić information content (AvgIpc) is 2.66. The van der Waals surface area contributed by atoms with E-state index in [4.69, 9.17) is 0 Å². The van der Waals surface area contributed by atoms with Gasteiger partial charge in [0.1, 0.15) is 0 Å². The van der Waals surface area contributed by atoms with Crippen LogP contribution in [0.25, 0.3) is 0 Å². The Kier molecular flexibility index (Phi) is 5.50. The standard InChI is InChI=1S/C13H23N3O3/c1-10-8-11(2)16(15-10)7-5-6-14-9-13(3,18)12(17)19-4/h8,14,18H,5-7,9H2,1-4H3. The number of hydrogen-bond acceptors (Lipinski definition) is 5. The van der Waals surface area contributed by atoms with E-state index in [1.165, 1.54) is 14.0 Å². The van der Waals surface area contributed by atoms with Crippen molar-refractivity contribution in [2.45, 2.75) is 39.3 Å². The van der Waals surface area contributed by atoms with Crippen LogP contribution in [0, 0.1) is 13.8 Å². The monoisotopic (exact) mass is 269 g/mol. The topological polar surface area (TPSA) is 76.4 Å². The minimum atomic E-state index is -1.48. The van der Waals surface area contributed by atoms with Crippen LogP contribution >= 0.6 is 0 Å². The van der Waals surface area contributed by atoms with E-state index in [1.54, 1.807) is 0 Å². The number of aromatic nitrogens is 2. The zero-order valence-corrected chi connectivity index (χ0v) is 12.1. The molecule has 1 aromatic rings. The van der Waals surface area contributed by atoms with Gasteiger partial charge in [-0.3, -0.25) is 4.68 Å². The normalized spacial score (nSPS) is 14.2. The summed E-state index contributed by atoms with van der Waals surface area (Å²) in [6.45, 7) is 7.12. The minimum absolute atomic E-state index is 0.177. The molecule has 0 aliphatic carbocycles. The minimum Gasteiger partial charge on any atom is -0.467 e. The van der Waals surface area contributed by atoms with Crippen LogP contribution in [0.3, 0.4) is 0 Å². The molecule has 0 spiro atoms. The van der Waals surface area contributed by atoms with Crippen molar-refractivity contribution >= 4 is 5.97 Å². The molecular weight excluding hydrogens is 246 g/mol. The van der Waals surface area contributed by atoms with Crippen LogP contribution in [-0.2, 0) is 16.1 Å². The molecule has 1 atom stereocenters. The Balaban J connectivity index is 2.25. The largest absolute Gasteiger partial charge is 0.467 e. The Morgan fingerprint density at radius 3 is 2.79 bits per heavy atom. The maximum atomic E-state index is 11.2. The third kappa shape index (κ3) is 4.65. The van der Waals surface area contributed by atoms with E-state index in [0.29, 0.717) is 6.54 Å². The molecule has 0 fully saturated rings. The number of aliphatic hydroxyl groups is 1. The van der Waals surface area contributed by atoms with Crippen LogP contribution in [-0.4, -0.2) is 46.7 Å². The Morgan fingerprint density at radius 1 is 1.58 bits per heavy atom. The predicted molar refractivity (Wildman–Crippen MR) is 71.8 cm³/mol. The number of carbonyl (C=O) groups is 1. The zero-order chi connectivity index (χ0) is 14.5. The van der Waals surface area contributed by atoms with Gasteiger partial charge < -0.3 is 15.2 Å². The maximum absolute atomic E-state index is 11.2. The Hall–Kier alpha value is -1.40. The fourth-order valence-electron chi connectivity index (χ4n) is 1.88. The highest BCUT2D eigenvalue weighted by molar-refractivity contribution is 5.78. The lowest BCUT2D eigenvalue weighted by atomic mass is 10.1. The van der Waals surface area contributed by atoms with E-state index in [1.807, 2.05) is 24.6 Å². The van der Waals surface area contributed by atoms with Gasteiger partial charge in [0.05, 0.1) is 12.8 Å². The van der Waals surface area contributed by atoms with E-state index < -0.39 is 11.6 Å². The lowest BCUT2D eigenvalue weighted by Gasteiger charge is -2.20. The summed E-state index contributed by atoms with van der Waals surface area (Å²) in [4.78, 5) is 11.2. The SMILES string of the molecule is COC(=O)C(C)(O)CNCCCn1nc(C)cc1C. The molecule has 108 valence electrons. The summed E-state index contributed by atoms with van der Waals surface area (Å²) in [5, 5.41) is 17.2. The molecule has 0 bridgehead atoms. The molecule has 0 aliphatic heterocycles. The van der Waals surface area contributed by atoms with Crippen LogP contribution in [0.5, 0.6) is 0 Å². The maximum Gasteiger partial charge on any atom is 0.338 e. The number of methoxy groups -OCH3 is 1. The molecule has 0 saturated carbocycles. The zero-order valence-electron chi connectivity index (χ0n) is 12.1. The second-order valence-electron chi connectivity index (χ2n) is 4.95. The first-order valence-electron chi connectivity index (χ1n) is 6.39. The molecule has 0 aromatic carbocycles. The highest BCUT2D eigenvalue weighted by Crippen LogP contribution is 2.04. The summed E-state index contributed by atoms with van der Waals surface area (Å²) in [6, 6.07) is 2.04. The first kappa shape index (κ1) is 15.7. The third-order valence-corrected chi connectivity index (χ3v) is 2.92. The van der Waals surface area contributed by atoms with Crippen molar-refractivity contribution in [3.8, 4) is 0 Å². The summed E-state index contributed by atoms with van der Waals surface area (Å²) < 4.78 is 6.47. The van der Waals surface area contributed by atoms with E-state index in [2.05, 4.69) is 15.2 Å². The van der Waals surface area contributed by atoms with Gasteiger partial charge in [-0.05, 0) is 39.8 Å². The molecular formula is C13H23N3O3. The van der Waals surface area contributed by atoms with Crippen molar-refractivity contribution in [2.75, 3.05) is 20.2 Å². The molecule has 0 aliphatic rings. The number of carbonyl (C=O) groups excluding carboxylic acids is 1. The molecule has 0 saturated heterocycles. The van der Waals surface area contributed by atoms with E-state index in [-0.39, 0.29) is 6.54 Å². The molecule has 19 heavy (non-hydrogen) atoms. The van der Waals surface area contributed by atoms with Crippen molar-refractivity contribution in [1.82, 2.24) is 15.1 Å². The van der Waals surface area contributed by atoms with E-state index >= 15 is 0 Å². The first-order chi connectivity index (χ1) is 8.86. The molecule has 6 nitrogen and oxygen atoms in total. The summed E-state index contributed by atoms with van der Waals surface area (Å²) in [7, 11) is 1.26. The van der Waals surface area contributed by atoms with Crippen LogP contribution in [0.15, 0.2) is 6.07 Å². The first-order valence-corrected chi connectivity index (χ1v) is 6.39. The van der Waals surface area contributed by atoms with Gasteiger partial charge in [-0.1, -0.05) is 0 Å². The van der Waals surface area contributed by atoms with Crippen molar-refractivity contribution < 1.29 is 14.6 Å². The number of nitrogens with zero attached hydrogens (tertiary/aromatic N) is 2. The van der Waals surface area contributed by atoms with Gasteiger partial charge in [0.2, 0.25) is 0 Å². The molecule has 1 rings (SSSR count). The molecule has 1 heterocycles. The van der Waals surface area contributed by atoms with Gasteiger partial charge in [-0.15, -0.1) is 0 Å². The van der Waals surface area contributed by atoms with Crippen LogP contribution in [0.1, 0.15) is 24.7 Å². The lowest BCUT2D eigenvalue weighted by Crippen LogP contribution is -2.45. The molecule has 0 radical (unpaired) electrons. The van der Waals surface area contributed by atoms with Gasteiger partial charge in [-0.25, -0.2) is 4.79 Å². The quantitative estimate of drug-likeness (QED) is 0.553. The van der Waals surface area contributed by atoms with Crippen molar-refractivity contribution in [3.63, 3.8) is 0 Å². The third-order valence-electron chi connectivity index (χ3n) is 2.92. The number of rotatable bonds is 7. The van der Waals surface area contributed by atoms with Gasteiger partial charge in [0.15, 0.2) is 5.60 Å². The fraction of sp³-hybridized carbons (Fsp3) is 0.692. The fourth-order valence-corrected chi connectivity index (χ4v) is 1.88. The number of hydrogen-bond donors (Lipinski definition) is 2. The number of ether oxygens (including phenoxy) is 1. The van der Waals surface area contributed by atoms with Crippen molar-refractivity contribution in [3.05, 3.63) is 17.5 Å². The van der Waals surface area contributed by atoms with Gasteiger partial charge >= 0.3 is 5.97 Å². The van der Waals surface area contributed by atoms with E-state index in [9.17, 15) is 9.90 Å². The number of esters is 1. The lowest BCUT2D eigenvalue weighted by molar-refractivity contribution is -0.159. The van der Waals surface area contributed by atoms with Crippen molar-refractivity contribution in [2.24, 2.45) is 0 Å². The second-order valence-corrected chi connectivity index (χ2v) is 4.95. The van der Waals surface area contributed by atoms with Crippen LogP contribution < -0.4 is 5.32 Å². The number of aryl methyl sites for hydroxylation is 3. The van der Waals surface area contributed by atoms with Crippen LogP contribution in [0.2, 0.25) is 0 Å². The van der Waals surface area contributed by atoms with Crippen molar-refractivity contribution in [1.29, 1.82) is 0 Å². The van der Waals surface area contributed by atoms with Gasteiger partial charge in [-0.2, -0.15) is 5.10 Å². The average molecular weight is 269 g/mol. The Labute approximate surface area is 113 Å².